The first-order valence-corrected chi connectivity index (χ1v) is 9.22. The molecule has 194 valence electrons. The number of rotatable bonds is 4. The number of hydrogen-bond donors (Lipinski definition) is 6. The highest BCUT2D eigenvalue weighted by atomic mass is 35.5. The first-order valence-electron chi connectivity index (χ1n) is 9.22. The molecule has 0 spiro atoms. The molecule has 0 saturated carbocycles. The van der Waals surface area contributed by atoms with Crippen LogP contribution in [0.25, 0.3) is 21.5 Å². The van der Waals surface area contributed by atoms with Crippen LogP contribution in [-0.2, 0) is 0 Å². The molecule has 0 unspecified atom stereocenters. The molecular formula is C20H26Cl4N12. The maximum atomic E-state index is 5.62. The van der Waals surface area contributed by atoms with Gasteiger partial charge in [0.1, 0.15) is 0 Å². The molecule has 0 fully saturated rings. The van der Waals surface area contributed by atoms with Crippen molar-refractivity contribution in [3.8, 4) is 0 Å². The van der Waals surface area contributed by atoms with Gasteiger partial charge in [0.2, 0.25) is 11.9 Å². The van der Waals surface area contributed by atoms with Crippen LogP contribution in [0.5, 0.6) is 0 Å². The van der Waals surface area contributed by atoms with Gasteiger partial charge in [-0.05, 0) is 21.5 Å². The van der Waals surface area contributed by atoms with Gasteiger partial charge in [0, 0.05) is 11.1 Å². The molecule has 0 saturated heterocycles. The van der Waals surface area contributed by atoms with Gasteiger partial charge in [-0.2, -0.15) is 20.2 Å². The average Bonchev–Trinajstić information content (AvgIpc) is 2.74. The monoisotopic (exact) mass is 574 g/mol. The molecule has 12 N–H and O–H groups in total. The molecule has 0 aliphatic rings. The lowest BCUT2D eigenvalue weighted by Crippen LogP contribution is -2.26. The average molecular weight is 576 g/mol. The fraction of sp³-hybridized carbons (Fsp3) is 0. The summed E-state index contributed by atoms with van der Waals surface area (Å²) in [6.45, 7) is 0. The minimum Gasteiger partial charge on any atom is -0.370 e. The number of fused-ring (bicyclic) bond motifs is 2. The predicted molar refractivity (Wildman–Crippen MR) is 160 cm³/mol. The van der Waals surface area contributed by atoms with E-state index in [0.29, 0.717) is 0 Å². The highest BCUT2D eigenvalue weighted by molar-refractivity contribution is 6.21. The first kappa shape index (κ1) is 34.3. The molecule has 0 aliphatic heterocycles. The van der Waals surface area contributed by atoms with Crippen LogP contribution >= 0.6 is 49.6 Å². The summed E-state index contributed by atoms with van der Waals surface area (Å²) < 4.78 is 0. The lowest BCUT2D eigenvalue weighted by Gasteiger charge is -2.11. The maximum Gasteiger partial charge on any atom is 0.243 e. The van der Waals surface area contributed by atoms with Crippen LogP contribution in [0.1, 0.15) is 11.1 Å². The number of nitrogens with zero attached hydrogens (tertiary/aromatic N) is 6. The standard InChI is InChI=1S/C20H22N12.4ClH/c21-17(22)29-19(25)31-27-9-15-11-5-1-2-6-12(11)16(14-8-4-3-7-13(14)15)10-28-32-20(26)30-18(23)24;;;;/h1-10H,(H6,21,22,25,29,31)(H6,23,24,26,30,32);4*1H. The molecule has 0 heterocycles. The molecule has 0 bridgehead atoms. The Balaban J connectivity index is 0. The third kappa shape index (κ3) is 8.74. The van der Waals surface area contributed by atoms with Crippen molar-refractivity contribution < 1.29 is 0 Å². The van der Waals surface area contributed by atoms with E-state index in [2.05, 4.69) is 30.4 Å². The second-order valence-corrected chi connectivity index (χ2v) is 6.40. The third-order valence-electron chi connectivity index (χ3n) is 4.20. The first-order chi connectivity index (χ1) is 15.4. The molecule has 36 heavy (non-hydrogen) atoms. The number of aliphatic imine (C=N–C) groups is 2. The summed E-state index contributed by atoms with van der Waals surface area (Å²) in [5, 5.41) is 19.4. The molecule has 3 rings (SSSR count). The lowest BCUT2D eigenvalue weighted by atomic mass is 9.92. The Hall–Kier alpha value is -3.84. The largest absolute Gasteiger partial charge is 0.370 e. The summed E-state index contributed by atoms with van der Waals surface area (Å²) in [5.74, 6) is -0.724. The quantitative estimate of drug-likeness (QED) is 0.117. The second kappa shape index (κ2) is 15.9. The molecule has 0 aromatic heterocycles. The van der Waals surface area contributed by atoms with Crippen LogP contribution in [0, 0.1) is 0 Å². The Kier molecular flexibility index (Phi) is 15.2. The van der Waals surface area contributed by atoms with E-state index in [0.717, 1.165) is 32.7 Å². The number of hydrogen-bond acceptors (Lipinski definition) is 4. The van der Waals surface area contributed by atoms with E-state index in [1.165, 1.54) is 0 Å². The molecule has 16 heteroatoms. The van der Waals surface area contributed by atoms with Gasteiger partial charge in [-0.25, -0.2) is 0 Å². The van der Waals surface area contributed by atoms with Crippen molar-refractivity contribution in [2.45, 2.75) is 0 Å². The van der Waals surface area contributed by atoms with Crippen LogP contribution in [0.3, 0.4) is 0 Å². The van der Waals surface area contributed by atoms with E-state index >= 15 is 0 Å². The topological polar surface area (TPSA) is 230 Å². The Morgan fingerprint density at radius 2 is 0.778 bits per heavy atom. The molecule has 3 aromatic rings. The van der Waals surface area contributed by atoms with Crippen molar-refractivity contribution in [2.75, 3.05) is 0 Å². The highest BCUT2D eigenvalue weighted by Crippen LogP contribution is 2.31. The van der Waals surface area contributed by atoms with Gasteiger partial charge in [0.25, 0.3) is 0 Å². The number of nitrogens with two attached hydrogens (primary N) is 6. The van der Waals surface area contributed by atoms with Gasteiger partial charge in [0.05, 0.1) is 12.4 Å². The van der Waals surface area contributed by atoms with Crippen LogP contribution in [-0.4, -0.2) is 36.3 Å². The van der Waals surface area contributed by atoms with Crippen molar-refractivity contribution in [2.24, 2.45) is 64.8 Å². The van der Waals surface area contributed by atoms with E-state index < -0.39 is 0 Å². The lowest BCUT2D eigenvalue weighted by molar-refractivity contribution is 1.21. The van der Waals surface area contributed by atoms with Crippen molar-refractivity contribution >= 4 is 107 Å². The van der Waals surface area contributed by atoms with Crippen LogP contribution in [0.15, 0.2) is 78.9 Å². The van der Waals surface area contributed by atoms with Gasteiger partial charge in [-0.3, -0.25) is 0 Å². The Morgan fingerprint density at radius 3 is 1.03 bits per heavy atom. The van der Waals surface area contributed by atoms with Crippen molar-refractivity contribution in [1.82, 2.24) is 0 Å². The molecule has 0 amide bonds. The van der Waals surface area contributed by atoms with Crippen LogP contribution < -0.4 is 34.4 Å². The van der Waals surface area contributed by atoms with Crippen molar-refractivity contribution in [3.63, 3.8) is 0 Å². The number of halogens is 4. The normalized spacial score (nSPS) is 11.2. The Bertz CT molecular complexity index is 1180. The summed E-state index contributed by atoms with van der Waals surface area (Å²) >= 11 is 0. The fourth-order valence-corrected chi connectivity index (χ4v) is 3.07. The van der Waals surface area contributed by atoms with Crippen LogP contribution in [0.4, 0.5) is 0 Å². The van der Waals surface area contributed by atoms with Crippen molar-refractivity contribution in [1.29, 1.82) is 0 Å². The Morgan fingerprint density at radius 1 is 0.500 bits per heavy atom. The van der Waals surface area contributed by atoms with Gasteiger partial charge in [-0.1, -0.05) is 48.5 Å². The van der Waals surface area contributed by atoms with E-state index in [1.54, 1.807) is 12.4 Å². The van der Waals surface area contributed by atoms with Crippen molar-refractivity contribution in [3.05, 3.63) is 59.7 Å². The molecule has 12 nitrogen and oxygen atoms in total. The summed E-state index contributed by atoms with van der Waals surface area (Å²) in [4.78, 5) is 7.27. The zero-order valence-electron chi connectivity index (χ0n) is 18.6. The number of guanidine groups is 4. The molecule has 3 aromatic carbocycles. The van der Waals surface area contributed by atoms with Gasteiger partial charge in [0.15, 0.2) is 11.9 Å². The molecular weight excluding hydrogens is 550 g/mol. The Labute approximate surface area is 231 Å². The number of benzene rings is 3. The summed E-state index contributed by atoms with van der Waals surface area (Å²) in [7, 11) is 0. The zero-order valence-corrected chi connectivity index (χ0v) is 21.8. The SMILES string of the molecule is Cl.Cl.Cl.Cl.NC(N)=NC(N)=NN=Cc1c2ccccc2c(C=NN=C(N)N=C(N)N)c2ccccc12. The van der Waals surface area contributed by atoms with Gasteiger partial charge in [-0.15, -0.1) is 59.8 Å². The van der Waals surface area contributed by atoms with E-state index in [-0.39, 0.29) is 73.5 Å². The summed E-state index contributed by atoms with van der Waals surface area (Å²) in [5.41, 5.74) is 34.1. The summed E-state index contributed by atoms with van der Waals surface area (Å²) in [6, 6.07) is 15.5. The van der Waals surface area contributed by atoms with E-state index in [1.807, 2.05) is 48.5 Å². The molecule has 0 atom stereocenters. The highest BCUT2D eigenvalue weighted by Gasteiger charge is 2.11. The minimum absolute atomic E-state index is 0. The molecule has 0 radical (unpaired) electrons. The maximum absolute atomic E-state index is 5.62. The zero-order chi connectivity index (χ0) is 23.1. The predicted octanol–water partition coefficient (Wildman–Crippen LogP) is 1.52. The second-order valence-electron chi connectivity index (χ2n) is 6.40. The van der Waals surface area contributed by atoms with E-state index in [9.17, 15) is 0 Å². The fourth-order valence-electron chi connectivity index (χ4n) is 3.07. The molecule has 0 aliphatic carbocycles. The van der Waals surface area contributed by atoms with Gasteiger partial charge >= 0.3 is 0 Å². The minimum atomic E-state index is -0.205. The smallest absolute Gasteiger partial charge is 0.243 e. The summed E-state index contributed by atoms with van der Waals surface area (Å²) in [6.07, 6.45) is 3.19. The van der Waals surface area contributed by atoms with Crippen LogP contribution in [0.2, 0.25) is 0 Å². The van der Waals surface area contributed by atoms with E-state index in [4.69, 9.17) is 34.4 Å². The van der Waals surface area contributed by atoms with Gasteiger partial charge < -0.3 is 34.4 Å². The third-order valence-corrected chi connectivity index (χ3v) is 4.20.